The van der Waals surface area contributed by atoms with Crippen LogP contribution in [0.3, 0.4) is 0 Å². The molecule has 11 aromatic rings. The molecule has 11 rings (SSSR count). The van der Waals surface area contributed by atoms with Crippen LogP contribution < -0.4 is 4.74 Å². The molecule has 5 nitrogen and oxygen atoms in total. The van der Waals surface area contributed by atoms with Crippen LogP contribution in [0.5, 0.6) is 11.5 Å². The van der Waals surface area contributed by atoms with Gasteiger partial charge in [-0.05, 0) is 81.6 Å². The van der Waals surface area contributed by atoms with Gasteiger partial charge in [-0.15, -0.1) is 47.5 Å². The summed E-state index contributed by atoms with van der Waals surface area (Å²) in [6.07, 6.45) is 1.90. The summed E-state index contributed by atoms with van der Waals surface area (Å²) in [5.41, 5.74) is 15.7. The maximum absolute atomic E-state index is 6.69. The fraction of sp³-hybridized carbons (Fsp3) is 0.129. The average Bonchev–Trinajstić information content (AvgIpc) is 3.90. The molecular weight excluding hydrogens is 1010 g/mol. The van der Waals surface area contributed by atoms with Crippen LogP contribution in [0.2, 0.25) is 0 Å². The Bertz CT molecular complexity index is 3630. The second kappa shape index (κ2) is 17.7. The van der Waals surface area contributed by atoms with Crippen LogP contribution in [0.25, 0.3) is 89.1 Å². The van der Waals surface area contributed by atoms with E-state index in [9.17, 15) is 0 Å². The Morgan fingerprint density at radius 2 is 1.00 bits per heavy atom. The number of hydrogen-bond acceptors (Lipinski definition) is 3. The molecule has 0 N–H and O–H groups in total. The van der Waals surface area contributed by atoms with E-state index < -0.39 is 0 Å². The Hall–Kier alpha value is -7.33. The van der Waals surface area contributed by atoms with Crippen LogP contribution in [-0.4, -0.2) is 19.1 Å². The van der Waals surface area contributed by atoms with Crippen LogP contribution in [0.1, 0.15) is 52.7 Å². The molecule has 0 saturated heterocycles. The zero-order valence-corrected chi connectivity index (χ0v) is 41.3. The van der Waals surface area contributed by atoms with Crippen LogP contribution >= 0.6 is 0 Å². The molecule has 8 aromatic carbocycles. The van der Waals surface area contributed by atoms with Gasteiger partial charge in [0.2, 0.25) is 0 Å². The van der Waals surface area contributed by atoms with Gasteiger partial charge in [0.05, 0.1) is 28.1 Å². The number of fused-ring (bicyclic) bond motifs is 4. The Labute approximate surface area is 413 Å². The van der Waals surface area contributed by atoms with E-state index in [1.165, 1.54) is 11.1 Å². The minimum Gasteiger partial charge on any atom is -0.497 e. The smallest absolute Gasteiger partial charge is 0.497 e. The van der Waals surface area contributed by atoms with Crippen molar-refractivity contribution in [1.82, 2.24) is 19.1 Å². The Kier molecular flexibility index (Phi) is 11.6. The van der Waals surface area contributed by atoms with E-state index in [-0.39, 0.29) is 31.9 Å². The molecule has 0 unspecified atom stereocenters. The van der Waals surface area contributed by atoms with Crippen molar-refractivity contribution in [3.63, 3.8) is 0 Å². The first-order valence-corrected chi connectivity index (χ1v) is 23.0. The summed E-state index contributed by atoms with van der Waals surface area (Å²) < 4.78 is 11.3. The van der Waals surface area contributed by atoms with E-state index in [0.717, 1.165) is 89.1 Å². The van der Waals surface area contributed by atoms with Crippen molar-refractivity contribution >= 4 is 32.8 Å². The first-order chi connectivity index (χ1) is 32.5. The van der Waals surface area contributed by atoms with Crippen molar-refractivity contribution in [1.29, 1.82) is 0 Å². The van der Waals surface area contributed by atoms with Crippen molar-refractivity contribution in [2.75, 3.05) is 0 Å². The summed E-state index contributed by atoms with van der Waals surface area (Å²) in [6.45, 7) is 13.6. The van der Waals surface area contributed by atoms with Crippen LogP contribution in [0.15, 0.2) is 194 Å². The van der Waals surface area contributed by atoms with Gasteiger partial charge in [-0.25, -0.2) is 0 Å². The Morgan fingerprint density at radius 1 is 0.471 bits per heavy atom. The third-order valence-corrected chi connectivity index (χ3v) is 12.8. The minimum absolute atomic E-state index is 0. The number of ether oxygens (including phenoxy) is 1. The number of imidazole rings is 1. The van der Waals surface area contributed by atoms with Crippen molar-refractivity contribution in [2.24, 2.45) is 0 Å². The van der Waals surface area contributed by atoms with E-state index in [1.54, 1.807) is 0 Å². The quantitative estimate of drug-likeness (QED) is 0.142. The standard InChI is InChI=1S/C62H50N4O.Pt/c1-61(2,3)45-31-33-55(51(39-45)41-19-9-7-10-20-41)65-54-29-15-13-27-49(54)50-35-36-63-58(59(50)65)43-23-17-25-47(37-43)67-48-26-18-24-44(38-48)60-64-53-28-14-16-30-57(53)66(60)56-34-32-46(62(4,5)6)40-52(56)42-21-11-8-12-22-42;/h7-36,39-40H,1-6H3;/q-2;+2. The molecule has 0 radical (unpaired) electrons. The molecule has 0 aliphatic heterocycles. The normalized spacial score (nSPS) is 11.9. The molecule has 0 aliphatic carbocycles. The second-order valence-corrected chi connectivity index (χ2v) is 19.3. The second-order valence-electron chi connectivity index (χ2n) is 19.3. The van der Waals surface area contributed by atoms with Crippen LogP contribution in [-0.2, 0) is 31.9 Å². The molecule has 0 bridgehead atoms. The molecule has 68 heavy (non-hydrogen) atoms. The van der Waals surface area contributed by atoms with Gasteiger partial charge < -0.3 is 18.9 Å². The number of para-hydroxylation sites is 3. The summed E-state index contributed by atoms with van der Waals surface area (Å²) >= 11 is 0. The van der Waals surface area contributed by atoms with E-state index in [1.807, 2.05) is 36.5 Å². The van der Waals surface area contributed by atoms with E-state index in [2.05, 4.69) is 221 Å². The van der Waals surface area contributed by atoms with Crippen molar-refractivity contribution in [2.45, 2.75) is 52.4 Å². The van der Waals surface area contributed by atoms with Gasteiger partial charge in [0.15, 0.2) is 0 Å². The summed E-state index contributed by atoms with van der Waals surface area (Å²) in [7, 11) is 0. The van der Waals surface area contributed by atoms with E-state index in [4.69, 9.17) is 14.7 Å². The topological polar surface area (TPSA) is 44.9 Å². The number of benzene rings is 8. The first kappa shape index (κ1) is 44.5. The minimum atomic E-state index is -0.0269. The molecule has 3 aromatic heterocycles. The number of aromatic nitrogens is 4. The first-order valence-electron chi connectivity index (χ1n) is 23.0. The number of hydrogen-bond donors (Lipinski definition) is 0. The summed E-state index contributed by atoms with van der Waals surface area (Å²) in [5.74, 6) is 1.89. The molecule has 0 aliphatic rings. The summed E-state index contributed by atoms with van der Waals surface area (Å²) in [5, 5.41) is 2.28. The van der Waals surface area contributed by atoms with Gasteiger partial charge >= 0.3 is 21.1 Å². The maximum atomic E-state index is 6.69. The zero-order chi connectivity index (χ0) is 45.9. The van der Waals surface area contributed by atoms with Crippen molar-refractivity contribution < 1.29 is 25.8 Å². The number of nitrogens with zero attached hydrogens (tertiary/aromatic N) is 4. The molecule has 6 heteroatoms. The average molecular weight is 1060 g/mol. The van der Waals surface area contributed by atoms with Gasteiger partial charge in [-0.2, -0.15) is 0 Å². The molecule has 0 atom stereocenters. The maximum Gasteiger partial charge on any atom is 2.00 e. The van der Waals surface area contributed by atoms with Gasteiger partial charge in [0.1, 0.15) is 0 Å². The monoisotopic (exact) mass is 1060 g/mol. The van der Waals surface area contributed by atoms with Gasteiger partial charge in [0, 0.05) is 56.5 Å². The third kappa shape index (κ3) is 8.16. The molecular formula is C62H50N4OPt. The van der Waals surface area contributed by atoms with Crippen LogP contribution in [0.4, 0.5) is 0 Å². The van der Waals surface area contributed by atoms with Gasteiger partial charge in [-0.3, -0.25) is 4.98 Å². The Morgan fingerprint density at radius 3 is 1.62 bits per heavy atom. The number of pyridine rings is 1. The third-order valence-electron chi connectivity index (χ3n) is 12.8. The fourth-order valence-electron chi connectivity index (χ4n) is 9.31. The zero-order valence-electron chi connectivity index (χ0n) is 39.0. The molecule has 334 valence electrons. The molecule has 0 spiro atoms. The molecule has 0 saturated carbocycles. The SMILES string of the molecule is CC(C)(C)c1ccc(-n2c(-c3[c-]c(Oc4[c-]c(-c5nccc6c7ccccc7n(-c7ccc(C(C)(C)C)cc7-c7ccccc7)c56)ccc4)ccc3)nc3ccccc32)c(-c2ccccc2)c1.[Pt+2]. The molecule has 3 heterocycles. The molecule has 0 fully saturated rings. The van der Waals surface area contributed by atoms with Gasteiger partial charge in [-0.1, -0.05) is 157 Å². The predicted molar refractivity (Wildman–Crippen MR) is 277 cm³/mol. The number of rotatable bonds is 8. The van der Waals surface area contributed by atoms with E-state index >= 15 is 0 Å². The van der Waals surface area contributed by atoms with Crippen molar-refractivity contribution in [3.8, 4) is 67.8 Å². The van der Waals surface area contributed by atoms with E-state index in [0.29, 0.717) is 11.5 Å². The van der Waals surface area contributed by atoms with Gasteiger partial charge in [0.25, 0.3) is 0 Å². The summed E-state index contributed by atoms with van der Waals surface area (Å²) in [4.78, 5) is 10.3. The summed E-state index contributed by atoms with van der Waals surface area (Å²) in [6, 6.07) is 73.3. The Balaban J connectivity index is 0.00000539. The fourth-order valence-corrected chi connectivity index (χ4v) is 9.31. The largest absolute Gasteiger partial charge is 2.00 e. The van der Waals surface area contributed by atoms with Crippen LogP contribution in [0, 0.1) is 12.1 Å². The molecule has 0 amide bonds. The van der Waals surface area contributed by atoms with Crippen molar-refractivity contribution in [3.05, 3.63) is 218 Å². The predicted octanol–water partition coefficient (Wildman–Crippen LogP) is 16.2.